The van der Waals surface area contributed by atoms with E-state index in [2.05, 4.69) is 21.4 Å². The number of aryl methyl sites for hydroxylation is 1. The third-order valence-corrected chi connectivity index (χ3v) is 4.93. The molecule has 3 heterocycles. The molecule has 0 aliphatic rings. The molecule has 4 rings (SSSR count). The molecule has 0 bridgehead atoms. The van der Waals surface area contributed by atoms with Crippen molar-refractivity contribution in [2.75, 3.05) is 12.4 Å². The Bertz CT molecular complexity index is 1130. The Labute approximate surface area is 159 Å². The minimum atomic E-state index is -0.381. The lowest BCUT2D eigenvalue weighted by Crippen LogP contribution is -2.03. The van der Waals surface area contributed by atoms with Gasteiger partial charge in [0.2, 0.25) is 0 Å². The quantitative estimate of drug-likeness (QED) is 0.525. The van der Waals surface area contributed by atoms with Gasteiger partial charge in [-0.15, -0.1) is 11.3 Å². The monoisotopic (exact) mass is 376 g/mol. The number of pyridine rings is 1. The van der Waals surface area contributed by atoms with Crippen molar-refractivity contribution in [3.8, 4) is 11.4 Å². The highest BCUT2D eigenvalue weighted by Crippen LogP contribution is 2.32. The largest absolute Gasteiger partial charge is 0.465 e. The number of ether oxygens (including phenoxy) is 1. The second-order valence-electron chi connectivity index (χ2n) is 5.91. The third-order valence-electron chi connectivity index (χ3n) is 3.98. The second kappa shape index (κ2) is 7.13. The number of methoxy groups -OCH3 is 1. The zero-order chi connectivity index (χ0) is 18.8. The predicted molar refractivity (Wildman–Crippen MR) is 106 cm³/mol. The average molecular weight is 376 g/mol. The Morgan fingerprint density at radius 2 is 2.04 bits per heavy atom. The molecule has 1 N–H and O–H groups in total. The van der Waals surface area contributed by atoms with Gasteiger partial charge in [0.1, 0.15) is 10.6 Å². The Hall–Kier alpha value is -3.32. The Balaban J connectivity index is 1.80. The molecule has 0 unspecified atom stereocenters. The summed E-state index contributed by atoms with van der Waals surface area (Å²) in [7, 11) is 1.37. The number of fused-ring (bicyclic) bond motifs is 1. The first-order valence-corrected chi connectivity index (χ1v) is 9.09. The highest BCUT2D eigenvalue weighted by Gasteiger charge is 2.13. The molecule has 0 aliphatic heterocycles. The van der Waals surface area contributed by atoms with Crippen molar-refractivity contribution in [1.82, 2.24) is 15.0 Å². The van der Waals surface area contributed by atoms with E-state index in [-0.39, 0.29) is 5.97 Å². The topological polar surface area (TPSA) is 77.0 Å². The van der Waals surface area contributed by atoms with E-state index in [1.165, 1.54) is 7.11 Å². The number of carbonyl (C=O) groups excluding carboxylic acids is 1. The van der Waals surface area contributed by atoms with Crippen molar-refractivity contribution in [3.63, 3.8) is 0 Å². The molecule has 6 nitrogen and oxygen atoms in total. The number of hydrogen-bond acceptors (Lipinski definition) is 7. The average Bonchev–Trinajstić information content (AvgIpc) is 3.08. The summed E-state index contributed by atoms with van der Waals surface area (Å²) < 4.78 is 4.79. The first-order valence-electron chi connectivity index (χ1n) is 8.28. The summed E-state index contributed by atoms with van der Waals surface area (Å²) >= 11 is 1.61. The Morgan fingerprint density at radius 1 is 1.15 bits per heavy atom. The van der Waals surface area contributed by atoms with Gasteiger partial charge >= 0.3 is 5.97 Å². The first-order chi connectivity index (χ1) is 13.1. The van der Waals surface area contributed by atoms with Crippen LogP contribution in [0.2, 0.25) is 0 Å². The maximum Gasteiger partial charge on any atom is 0.337 e. The molecule has 0 aliphatic carbocycles. The van der Waals surface area contributed by atoms with Crippen LogP contribution in [-0.4, -0.2) is 28.0 Å². The summed E-state index contributed by atoms with van der Waals surface area (Å²) in [6, 6.07) is 13.0. The van der Waals surface area contributed by atoms with Gasteiger partial charge in [-0.25, -0.2) is 14.8 Å². The maximum absolute atomic E-state index is 11.8. The summed E-state index contributed by atoms with van der Waals surface area (Å²) in [5.41, 5.74) is 2.07. The van der Waals surface area contributed by atoms with Crippen LogP contribution in [0.15, 0.2) is 54.9 Å². The van der Waals surface area contributed by atoms with E-state index in [1.807, 2.05) is 25.1 Å². The van der Waals surface area contributed by atoms with E-state index in [4.69, 9.17) is 9.72 Å². The number of aromatic nitrogens is 3. The van der Waals surface area contributed by atoms with Gasteiger partial charge in [-0.1, -0.05) is 6.07 Å². The second-order valence-corrected chi connectivity index (χ2v) is 7.15. The third kappa shape index (κ3) is 3.50. The lowest BCUT2D eigenvalue weighted by molar-refractivity contribution is 0.0601. The molecule has 0 amide bonds. The maximum atomic E-state index is 11.8. The first kappa shape index (κ1) is 17.1. The van der Waals surface area contributed by atoms with Gasteiger partial charge in [-0.2, -0.15) is 0 Å². The van der Waals surface area contributed by atoms with Crippen LogP contribution in [0.3, 0.4) is 0 Å². The molecule has 0 saturated carbocycles. The van der Waals surface area contributed by atoms with Gasteiger partial charge in [-0.3, -0.25) is 4.98 Å². The molecule has 0 saturated heterocycles. The van der Waals surface area contributed by atoms with Crippen LogP contribution < -0.4 is 5.32 Å². The molecule has 0 atom stereocenters. The fourth-order valence-electron chi connectivity index (χ4n) is 2.74. The molecule has 27 heavy (non-hydrogen) atoms. The normalized spacial score (nSPS) is 10.7. The number of benzene rings is 1. The van der Waals surface area contributed by atoms with Crippen LogP contribution in [0.25, 0.3) is 21.6 Å². The smallest absolute Gasteiger partial charge is 0.337 e. The van der Waals surface area contributed by atoms with Crippen molar-refractivity contribution in [2.45, 2.75) is 6.92 Å². The number of hydrogen-bond donors (Lipinski definition) is 1. The van der Waals surface area contributed by atoms with Crippen LogP contribution >= 0.6 is 11.3 Å². The molecule has 0 fully saturated rings. The minimum absolute atomic E-state index is 0.381. The molecule has 3 aromatic heterocycles. The van der Waals surface area contributed by atoms with Crippen molar-refractivity contribution in [3.05, 3.63) is 65.3 Å². The van der Waals surface area contributed by atoms with Gasteiger partial charge in [0.05, 0.1) is 18.1 Å². The van der Waals surface area contributed by atoms with Crippen LogP contribution in [-0.2, 0) is 4.74 Å². The summed E-state index contributed by atoms with van der Waals surface area (Å²) in [6.07, 6.45) is 3.46. The van der Waals surface area contributed by atoms with Crippen molar-refractivity contribution < 1.29 is 9.53 Å². The number of esters is 1. The number of rotatable bonds is 4. The summed E-state index contributed by atoms with van der Waals surface area (Å²) in [5.74, 6) is 0.906. The fraction of sp³-hybridized carbons (Fsp3) is 0.100. The zero-order valence-electron chi connectivity index (χ0n) is 14.8. The van der Waals surface area contributed by atoms with Crippen molar-refractivity contribution in [1.29, 1.82) is 0 Å². The van der Waals surface area contributed by atoms with Crippen LogP contribution in [0.4, 0.5) is 11.5 Å². The predicted octanol–water partition coefficient (Wildman–Crippen LogP) is 4.59. The van der Waals surface area contributed by atoms with Gasteiger partial charge in [-0.05, 0) is 43.3 Å². The van der Waals surface area contributed by atoms with E-state index in [9.17, 15) is 4.79 Å². The van der Waals surface area contributed by atoms with Crippen molar-refractivity contribution >= 4 is 39.0 Å². The van der Waals surface area contributed by atoms with Gasteiger partial charge in [0.25, 0.3) is 0 Å². The number of nitrogens with one attached hydrogen (secondary N) is 1. The van der Waals surface area contributed by atoms with E-state index in [0.717, 1.165) is 26.3 Å². The van der Waals surface area contributed by atoms with E-state index in [0.29, 0.717) is 17.2 Å². The number of thiophene rings is 1. The van der Waals surface area contributed by atoms with Gasteiger partial charge in [0.15, 0.2) is 5.82 Å². The summed E-state index contributed by atoms with van der Waals surface area (Å²) in [5, 5.41) is 4.26. The molecule has 0 radical (unpaired) electrons. The molecule has 1 aromatic carbocycles. The number of anilines is 2. The lowest BCUT2D eigenvalue weighted by Gasteiger charge is -2.10. The molecule has 0 spiro atoms. The van der Waals surface area contributed by atoms with E-state index < -0.39 is 0 Å². The Morgan fingerprint density at radius 3 is 2.81 bits per heavy atom. The SMILES string of the molecule is COC(=O)c1cccc(Nc2nc(-c3cccnc3)nc3sc(C)cc23)c1. The van der Waals surface area contributed by atoms with E-state index in [1.54, 1.807) is 41.9 Å². The highest BCUT2D eigenvalue weighted by atomic mass is 32.1. The van der Waals surface area contributed by atoms with Crippen molar-refractivity contribution in [2.24, 2.45) is 0 Å². The zero-order valence-corrected chi connectivity index (χ0v) is 15.6. The van der Waals surface area contributed by atoms with Gasteiger partial charge < -0.3 is 10.1 Å². The molecular weight excluding hydrogens is 360 g/mol. The highest BCUT2D eigenvalue weighted by molar-refractivity contribution is 7.18. The number of carbonyl (C=O) groups is 1. The summed E-state index contributed by atoms with van der Waals surface area (Å²) in [4.78, 5) is 27.4. The summed E-state index contributed by atoms with van der Waals surface area (Å²) in [6.45, 7) is 2.04. The van der Waals surface area contributed by atoms with Gasteiger partial charge in [0, 0.05) is 28.5 Å². The standard InChI is InChI=1S/C20H16N4O2S/c1-12-9-16-18(22-15-7-3-5-13(10-15)20(25)26-2)23-17(24-19(16)27-12)14-6-4-8-21-11-14/h3-11H,1-2H3,(H,22,23,24). The minimum Gasteiger partial charge on any atom is -0.465 e. The van der Waals surface area contributed by atoms with Crippen LogP contribution in [0.5, 0.6) is 0 Å². The molecule has 4 aromatic rings. The van der Waals surface area contributed by atoms with Crippen LogP contribution in [0, 0.1) is 6.92 Å². The fourth-order valence-corrected chi connectivity index (χ4v) is 3.62. The number of nitrogens with zero attached hydrogens (tertiary/aromatic N) is 3. The molecule has 134 valence electrons. The lowest BCUT2D eigenvalue weighted by atomic mass is 10.2. The molecular formula is C20H16N4O2S. The Kier molecular flexibility index (Phi) is 4.52. The molecule has 7 heteroatoms. The van der Waals surface area contributed by atoms with Crippen LogP contribution in [0.1, 0.15) is 15.2 Å². The van der Waals surface area contributed by atoms with E-state index >= 15 is 0 Å².